The zero-order chi connectivity index (χ0) is 18.1. The van der Waals surface area contributed by atoms with Crippen molar-refractivity contribution in [3.63, 3.8) is 0 Å². The average molecular weight is 354 g/mol. The largest absolute Gasteiger partial charge is 0.341 e. The fourth-order valence-corrected chi connectivity index (χ4v) is 3.79. The van der Waals surface area contributed by atoms with Crippen LogP contribution in [0.4, 0.5) is 0 Å². The third-order valence-corrected chi connectivity index (χ3v) is 5.25. The van der Waals surface area contributed by atoms with Crippen LogP contribution in [0.3, 0.4) is 0 Å². The van der Waals surface area contributed by atoms with Crippen LogP contribution in [0.1, 0.15) is 41.3 Å². The van der Waals surface area contributed by atoms with Crippen LogP contribution in [0, 0.1) is 0 Å². The molecule has 1 saturated heterocycles. The Morgan fingerprint density at radius 3 is 2.77 bits per heavy atom. The summed E-state index contributed by atoms with van der Waals surface area (Å²) in [6, 6.07) is 3.57. The Morgan fingerprint density at radius 2 is 2.00 bits per heavy atom. The summed E-state index contributed by atoms with van der Waals surface area (Å²) in [4.78, 5) is 32.0. The van der Waals surface area contributed by atoms with E-state index >= 15 is 0 Å². The van der Waals surface area contributed by atoms with Gasteiger partial charge in [0.2, 0.25) is 5.91 Å². The minimum absolute atomic E-state index is 0.0129. The summed E-state index contributed by atoms with van der Waals surface area (Å²) in [5.41, 5.74) is 0.616. The summed E-state index contributed by atoms with van der Waals surface area (Å²) in [5.74, 6) is 2.16. The van der Waals surface area contributed by atoms with Crippen molar-refractivity contribution in [2.24, 2.45) is 0 Å². The molecule has 1 atom stereocenters. The van der Waals surface area contributed by atoms with Crippen molar-refractivity contribution in [1.29, 1.82) is 0 Å². The van der Waals surface area contributed by atoms with Crippen LogP contribution >= 0.6 is 0 Å². The molecule has 1 unspecified atom stereocenters. The van der Waals surface area contributed by atoms with E-state index in [9.17, 15) is 9.59 Å². The zero-order valence-corrected chi connectivity index (χ0v) is 14.8. The lowest BCUT2D eigenvalue weighted by molar-refractivity contribution is -0.128. The normalized spacial score (nSPS) is 20.0. The number of carbonyl (C=O) groups is 2. The molecular weight excluding hydrogens is 332 g/mol. The van der Waals surface area contributed by atoms with E-state index in [0.29, 0.717) is 38.3 Å². The zero-order valence-electron chi connectivity index (χ0n) is 14.8. The topological polar surface area (TPSA) is 84.2 Å². The van der Waals surface area contributed by atoms with Crippen LogP contribution in [0.2, 0.25) is 0 Å². The first-order chi connectivity index (χ1) is 12.6. The van der Waals surface area contributed by atoms with Crippen molar-refractivity contribution in [3.8, 4) is 0 Å². The van der Waals surface area contributed by atoms with Crippen molar-refractivity contribution >= 4 is 11.8 Å². The SMILES string of the molecule is CC(=O)N1CCc2nnc(C3CCN(C(=O)c4cccnc4)C3)n2CC1. The molecule has 4 rings (SSSR count). The Hall–Kier alpha value is -2.77. The third kappa shape index (κ3) is 3.07. The van der Waals surface area contributed by atoms with Gasteiger partial charge in [0.15, 0.2) is 0 Å². The number of rotatable bonds is 2. The van der Waals surface area contributed by atoms with Crippen LogP contribution in [0.15, 0.2) is 24.5 Å². The van der Waals surface area contributed by atoms with Crippen molar-refractivity contribution in [2.45, 2.75) is 32.2 Å². The van der Waals surface area contributed by atoms with E-state index in [1.165, 1.54) is 0 Å². The molecule has 4 heterocycles. The Balaban J connectivity index is 1.48. The van der Waals surface area contributed by atoms with Gasteiger partial charge in [-0.15, -0.1) is 10.2 Å². The Morgan fingerprint density at radius 1 is 1.12 bits per heavy atom. The van der Waals surface area contributed by atoms with E-state index in [-0.39, 0.29) is 17.7 Å². The molecule has 0 bridgehead atoms. The third-order valence-electron chi connectivity index (χ3n) is 5.25. The molecule has 1 fully saturated rings. The molecule has 136 valence electrons. The molecule has 0 aromatic carbocycles. The van der Waals surface area contributed by atoms with Gasteiger partial charge in [0.1, 0.15) is 11.6 Å². The number of hydrogen-bond acceptors (Lipinski definition) is 5. The number of fused-ring (bicyclic) bond motifs is 1. The Bertz CT molecular complexity index is 818. The smallest absolute Gasteiger partial charge is 0.255 e. The predicted molar refractivity (Wildman–Crippen MR) is 93.5 cm³/mol. The van der Waals surface area contributed by atoms with Gasteiger partial charge in [-0.3, -0.25) is 14.6 Å². The first-order valence-corrected chi connectivity index (χ1v) is 9.00. The van der Waals surface area contributed by atoms with E-state index < -0.39 is 0 Å². The molecule has 2 amide bonds. The average Bonchev–Trinajstić information content (AvgIpc) is 3.23. The molecular formula is C18H22N6O2. The highest BCUT2D eigenvalue weighted by molar-refractivity contribution is 5.94. The number of aromatic nitrogens is 4. The van der Waals surface area contributed by atoms with Crippen LogP contribution in [-0.4, -0.2) is 67.5 Å². The lowest BCUT2D eigenvalue weighted by Gasteiger charge is -2.18. The molecule has 2 aromatic rings. The minimum Gasteiger partial charge on any atom is -0.341 e. The standard InChI is InChI=1S/C18H22N6O2/c1-13(25)22-8-5-16-20-21-17(24(16)10-9-22)15-4-7-23(12-15)18(26)14-3-2-6-19-11-14/h2-3,6,11,15H,4-5,7-10,12H2,1H3. The van der Waals surface area contributed by atoms with Gasteiger partial charge in [-0.05, 0) is 18.6 Å². The number of carbonyl (C=O) groups excluding carboxylic acids is 2. The van der Waals surface area contributed by atoms with Crippen LogP contribution < -0.4 is 0 Å². The number of likely N-dealkylation sites (tertiary alicyclic amines) is 1. The second-order valence-electron chi connectivity index (χ2n) is 6.86. The fourth-order valence-electron chi connectivity index (χ4n) is 3.79. The van der Waals surface area contributed by atoms with Crippen molar-refractivity contribution in [3.05, 3.63) is 41.7 Å². The molecule has 0 spiro atoms. The van der Waals surface area contributed by atoms with E-state index in [2.05, 4.69) is 19.7 Å². The summed E-state index contributed by atoms with van der Waals surface area (Å²) >= 11 is 0. The maximum atomic E-state index is 12.6. The Kier molecular flexibility index (Phi) is 4.40. The first kappa shape index (κ1) is 16.7. The molecule has 8 heteroatoms. The summed E-state index contributed by atoms with van der Waals surface area (Å²) in [6.07, 6.45) is 4.87. The number of pyridine rings is 1. The summed E-state index contributed by atoms with van der Waals surface area (Å²) < 4.78 is 2.14. The van der Waals surface area contributed by atoms with E-state index in [1.807, 2.05) is 9.80 Å². The van der Waals surface area contributed by atoms with Gasteiger partial charge in [0.05, 0.1) is 5.56 Å². The lowest BCUT2D eigenvalue weighted by Crippen LogP contribution is -2.31. The lowest BCUT2D eigenvalue weighted by atomic mass is 10.1. The van der Waals surface area contributed by atoms with Gasteiger partial charge in [-0.2, -0.15) is 0 Å². The van der Waals surface area contributed by atoms with E-state index in [4.69, 9.17) is 0 Å². The monoisotopic (exact) mass is 354 g/mol. The molecule has 0 N–H and O–H groups in total. The molecule has 2 aliphatic rings. The molecule has 0 saturated carbocycles. The fraction of sp³-hybridized carbons (Fsp3) is 0.500. The van der Waals surface area contributed by atoms with Gasteiger partial charge in [-0.25, -0.2) is 0 Å². The predicted octanol–water partition coefficient (Wildman–Crippen LogP) is 0.707. The van der Waals surface area contributed by atoms with Gasteiger partial charge >= 0.3 is 0 Å². The maximum Gasteiger partial charge on any atom is 0.255 e. The molecule has 0 radical (unpaired) electrons. The van der Waals surface area contributed by atoms with Crippen molar-refractivity contribution in [2.75, 3.05) is 26.2 Å². The molecule has 26 heavy (non-hydrogen) atoms. The highest BCUT2D eigenvalue weighted by Crippen LogP contribution is 2.28. The summed E-state index contributed by atoms with van der Waals surface area (Å²) in [7, 11) is 0. The number of amides is 2. The van der Waals surface area contributed by atoms with Crippen LogP contribution in [0.5, 0.6) is 0 Å². The molecule has 8 nitrogen and oxygen atoms in total. The van der Waals surface area contributed by atoms with Crippen molar-refractivity contribution < 1.29 is 9.59 Å². The quantitative estimate of drug-likeness (QED) is 0.793. The minimum atomic E-state index is 0.0129. The van der Waals surface area contributed by atoms with Gasteiger partial charge in [0, 0.05) is 64.4 Å². The summed E-state index contributed by atoms with van der Waals surface area (Å²) in [6.45, 7) is 5.03. The van der Waals surface area contributed by atoms with Gasteiger partial charge in [-0.1, -0.05) is 0 Å². The Labute approximate surface area is 151 Å². The van der Waals surface area contributed by atoms with Gasteiger partial charge in [0.25, 0.3) is 5.91 Å². The first-order valence-electron chi connectivity index (χ1n) is 9.00. The highest BCUT2D eigenvalue weighted by atomic mass is 16.2. The number of hydrogen-bond donors (Lipinski definition) is 0. The van der Waals surface area contributed by atoms with E-state index in [0.717, 1.165) is 24.5 Å². The van der Waals surface area contributed by atoms with Crippen molar-refractivity contribution in [1.82, 2.24) is 29.5 Å². The highest BCUT2D eigenvalue weighted by Gasteiger charge is 2.32. The van der Waals surface area contributed by atoms with Crippen LogP contribution in [-0.2, 0) is 17.8 Å². The summed E-state index contributed by atoms with van der Waals surface area (Å²) in [5, 5.41) is 8.76. The molecule has 2 aromatic heterocycles. The molecule has 0 aliphatic carbocycles. The van der Waals surface area contributed by atoms with Crippen LogP contribution in [0.25, 0.3) is 0 Å². The van der Waals surface area contributed by atoms with Gasteiger partial charge < -0.3 is 14.4 Å². The maximum absolute atomic E-state index is 12.6. The second kappa shape index (κ2) is 6.86. The second-order valence-corrected chi connectivity index (χ2v) is 6.86. The number of nitrogens with zero attached hydrogens (tertiary/aromatic N) is 6. The van der Waals surface area contributed by atoms with E-state index in [1.54, 1.807) is 31.5 Å². The molecule has 2 aliphatic heterocycles.